The van der Waals surface area contributed by atoms with Gasteiger partial charge in [-0.3, -0.25) is 4.79 Å². The van der Waals surface area contributed by atoms with E-state index in [1.807, 2.05) is 69.3 Å². The molecule has 122 valence electrons. The number of amides is 1. The molecule has 1 amide bonds. The molecule has 0 saturated carbocycles. The summed E-state index contributed by atoms with van der Waals surface area (Å²) in [4.78, 5) is 12.4. The minimum Gasteiger partial charge on any atom is -0.494 e. The van der Waals surface area contributed by atoms with Crippen LogP contribution < -0.4 is 10.1 Å². The molecule has 4 heteroatoms. The number of carbonyl (C=O) groups excluding carboxylic acids is 1. The predicted octanol–water partition coefficient (Wildman–Crippen LogP) is 4.25. The van der Waals surface area contributed by atoms with Crippen LogP contribution in [0.2, 0.25) is 0 Å². The lowest BCUT2D eigenvalue weighted by atomic mass is 10.1. The molecule has 0 heterocycles. The standard InChI is InChI=1S/C20H20N2O2/c1-4-24-18-9-7-16(8-10-18)12-17(13-21)20(23)22-19-11-14(2)5-6-15(19)3/h5-12H,4H2,1-3H3,(H,22,23)/b17-12+. The molecular weight excluding hydrogens is 300 g/mol. The average Bonchev–Trinajstić information content (AvgIpc) is 2.57. The minimum absolute atomic E-state index is 0.0556. The van der Waals surface area contributed by atoms with E-state index in [1.165, 1.54) is 0 Å². The molecule has 0 aliphatic heterocycles. The average molecular weight is 320 g/mol. The van der Waals surface area contributed by atoms with Crippen molar-refractivity contribution in [3.05, 3.63) is 64.7 Å². The lowest BCUT2D eigenvalue weighted by Gasteiger charge is -2.09. The number of hydrogen-bond donors (Lipinski definition) is 1. The van der Waals surface area contributed by atoms with Crippen LogP contribution in [0.3, 0.4) is 0 Å². The Bertz CT molecular complexity index is 799. The number of aryl methyl sites for hydroxylation is 2. The Labute approximate surface area is 142 Å². The van der Waals surface area contributed by atoms with E-state index in [-0.39, 0.29) is 5.57 Å². The molecule has 0 saturated heterocycles. The summed E-state index contributed by atoms with van der Waals surface area (Å²) >= 11 is 0. The molecular formula is C20H20N2O2. The van der Waals surface area contributed by atoms with Crippen LogP contribution in [-0.2, 0) is 4.79 Å². The summed E-state index contributed by atoms with van der Waals surface area (Å²) < 4.78 is 5.38. The van der Waals surface area contributed by atoms with E-state index in [0.717, 1.165) is 22.4 Å². The third kappa shape index (κ3) is 4.47. The highest BCUT2D eigenvalue weighted by atomic mass is 16.5. The molecule has 0 radical (unpaired) electrons. The highest BCUT2D eigenvalue weighted by molar-refractivity contribution is 6.10. The molecule has 0 fully saturated rings. The highest BCUT2D eigenvalue weighted by Gasteiger charge is 2.11. The normalized spacial score (nSPS) is 10.8. The smallest absolute Gasteiger partial charge is 0.266 e. The van der Waals surface area contributed by atoms with E-state index in [1.54, 1.807) is 6.08 Å². The molecule has 2 aromatic rings. The number of nitrogens with zero attached hydrogens (tertiary/aromatic N) is 1. The zero-order valence-corrected chi connectivity index (χ0v) is 14.1. The van der Waals surface area contributed by atoms with Gasteiger partial charge in [-0.05, 0) is 61.7 Å². The predicted molar refractivity (Wildman–Crippen MR) is 95.7 cm³/mol. The molecule has 2 rings (SSSR count). The number of hydrogen-bond acceptors (Lipinski definition) is 3. The molecule has 0 atom stereocenters. The molecule has 0 aliphatic carbocycles. The van der Waals surface area contributed by atoms with Gasteiger partial charge in [-0.2, -0.15) is 5.26 Å². The summed E-state index contributed by atoms with van der Waals surface area (Å²) in [6.07, 6.45) is 1.57. The molecule has 4 nitrogen and oxygen atoms in total. The first-order chi connectivity index (χ1) is 11.5. The molecule has 0 aromatic heterocycles. The quantitative estimate of drug-likeness (QED) is 0.662. The Morgan fingerprint density at radius 2 is 1.92 bits per heavy atom. The van der Waals surface area contributed by atoms with Crippen molar-refractivity contribution in [1.82, 2.24) is 0 Å². The van der Waals surface area contributed by atoms with Crippen LogP contribution in [-0.4, -0.2) is 12.5 Å². The minimum atomic E-state index is -0.417. The summed E-state index contributed by atoms with van der Waals surface area (Å²) in [5.74, 6) is 0.341. The van der Waals surface area contributed by atoms with Gasteiger partial charge < -0.3 is 10.1 Å². The van der Waals surface area contributed by atoms with Gasteiger partial charge in [-0.15, -0.1) is 0 Å². The number of nitrogens with one attached hydrogen (secondary N) is 1. The van der Waals surface area contributed by atoms with Gasteiger partial charge in [0.2, 0.25) is 0 Å². The highest BCUT2D eigenvalue weighted by Crippen LogP contribution is 2.18. The van der Waals surface area contributed by atoms with E-state index in [2.05, 4.69) is 5.32 Å². The van der Waals surface area contributed by atoms with E-state index in [4.69, 9.17) is 4.74 Å². The van der Waals surface area contributed by atoms with Crippen LogP contribution in [0.5, 0.6) is 5.75 Å². The van der Waals surface area contributed by atoms with Crippen molar-refractivity contribution in [2.75, 3.05) is 11.9 Å². The monoisotopic (exact) mass is 320 g/mol. The molecule has 0 spiro atoms. The Morgan fingerprint density at radius 3 is 2.54 bits per heavy atom. The summed E-state index contributed by atoms with van der Waals surface area (Å²) in [7, 11) is 0. The fraction of sp³-hybridized carbons (Fsp3) is 0.200. The van der Waals surface area contributed by atoms with Crippen molar-refractivity contribution >= 4 is 17.7 Å². The van der Waals surface area contributed by atoms with E-state index in [0.29, 0.717) is 12.3 Å². The second-order valence-corrected chi connectivity index (χ2v) is 5.44. The molecule has 24 heavy (non-hydrogen) atoms. The lowest BCUT2D eigenvalue weighted by Crippen LogP contribution is -2.14. The molecule has 1 N–H and O–H groups in total. The van der Waals surface area contributed by atoms with Gasteiger partial charge in [0, 0.05) is 5.69 Å². The van der Waals surface area contributed by atoms with Crippen LogP contribution in [0, 0.1) is 25.2 Å². The molecule has 2 aromatic carbocycles. The van der Waals surface area contributed by atoms with Crippen LogP contribution in [0.1, 0.15) is 23.6 Å². The van der Waals surface area contributed by atoms with E-state index >= 15 is 0 Å². The second-order valence-electron chi connectivity index (χ2n) is 5.44. The Hall–Kier alpha value is -3.06. The largest absolute Gasteiger partial charge is 0.494 e. The van der Waals surface area contributed by atoms with Gasteiger partial charge in [-0.1, -0.05) is 24.3 Å². The summed E-state index contributed by atoms with van der Waals surface area (Å²) in [6, 6.07) is 15.0. The summed E-state index contributed by atoms with van der Waals surface area (Å²) in [5.41, 5.74) is 3.54. The first-order valence-electron chi connectivity index (χ1n) is 7.76. The van der Waals surface area contributed by atoms with Crippen molar-refractivity contribution in [3.63, 3.8) is 0 Å². The van der Waals surface area contributed by atoms with Gasteiger partial charge in [0.05, 0.1) is 6.61 Å². The summed E-state index contributed by atoms with van der Waals surface area (Å²) in [6.45, 7) is 6.38. The van der Waals surface area contributed by atoms with Crippen LogP contribution in [0.25, 0.3) is 6.08 Å². The number of anilines is 1. The fourth-order valence-electron chi connectivity index (χ4n) is 2.20. The van der Waals surface area contributed by atoms with Crippen molar-refractivity contribution in [2.24, 2.45) is 0 Å². The van der Waals surface area contributed by atoms with E-state index in [9.17, 15) is 10.1 Å². The first-order valence-corrected chi connectivity index (χ1v) is 7.76. The number of benzene rings is 2. The second kappa shape index (κ2) is 7.98. The van der Waals surface area contributed by atoms with Crippen molar-refractivity contribution in [1.29, 1.82) is 5.26 Å². The maximum absolute atomic E-state index is 12.4. The van der Waals surface area contributed by atoms with Crippen molar-refractivity contribution in [3.8, 4) is 11.8 Å². The van der Waals surface area contributed by atoms with E-state index < -0.39 is 5.91 Å². The zero-order valence-electron chi connectivity index (χ0n) is 14.1. The SMILES string of the molecule is CCOc1ccc(/C=C(\C#N)C(=O)Nc2cc(C)ccc2C)cc1. The Kier molecular flexibility index (Phi) is 5.75. The summed E-state index contributed by atoms with van der Waals surface area (Å²) in [5, 5.41) is 12.1. The molecule has 0 bridgehead atoms. The topological polar surface area (TPSA) is 62.1 Å². The maximum Gasteiger partial charge on any atom is 0.266 e. The zero-order chi connectivity index (χ0) is 17.5. The van der Waals surface area contributed by atoms with Crippen LogP contribution >= 0.6 is 0 Å². The third-order valence-corrected chi connectivity index (χ3v) is 3.51. The Morgan fingerprint density at radius 1 is 1.21 bits per heavy atom. The van der Waals surface area contributed by atoms with Crippen LogP contribution in [0.15, 0.2) is 48.0 Å². The molecule has 0 aliphatic rings. The number of carbonyl (C=O) groups is 1. The molecule has 0 unspecified atom stereocenters. The number of nitriles is 1. The fourth-order valence-corrected chi connectivity index (χ4v) is 2.20. The first kappa shape index (κ1) is 17.3. The number of rotatable bonds is 5. The third-order valence-electron chi connectivity index (χ3n) is 3.51. The Balaban J connectivity index is 2.19. The lowest BCUT2D eigenvalue weighted by molar-refractivity contribution is -0.112. The van der Waals surface area contributed by atoms with Gasteiger partial charge in [0.15, 0.2) is 0 Å². The van der Waals surface area contributed by atoms with Crippen molar-refractivity contribution in [2.45, 2.75) is 20.8 Å². The van der Waals surface area contributed by atoms with Crippen molar-refractivity contribution < 1.29 is 9.53 Å². The van der Waals surface area contributed by atoms with Gasteiger partial charge >= 0.3 is 0 Å². The van der Waals surface area contributed by atoms with Crippen LogP contribution in [0.4, 0.5) is 5.69 Å². The van der Waals surface area contributed by atoms with Gasteiger partial charge in [0.1, 0.15) is 17.4 Å². The number of ether oxygens (including phenoxy) is 1. The maximum atomic E-state index is 12.4. The van der Waals surface area contributed by atoms with Gasteiger partial charge in [0.25, 0.3) is 5.91 Å². The van der Waals surface area contributed by atoms with Gasteiger partial charge in [-0.25, -0.2) is 0 Å².